The molecule has 0 aromatic rings. The van der Waals surface area contributed by atoms with Crippen molar-refractivity contribution < 1.29 is 13.6 Å². The van der Waals surface area contributed by atoms with Crippen molar-refractivity contribution in [3.8, 4) is 0 Å². The Morgan fingerprint density at radius 2 is 1.68 bits per heavy atom. The first-order chi connectivity index (χ1) is 10.3. The maximum absolute atomic E-state index is 14.5. The summed E-state index contributed by atoms with van der Waals surface area (Å²) in [5.74, 6) is -0.275. The van der Waals surface area contributed by atoms with Gasteiger partial charge in [0.2, 0.25) is 0 Å². The lowest BCUT2D eigenvalue weighted by atomic mass is 9.45. The molecule has 0 aromatic carbocycles. The highest BCUT2D eigenvalue weighted by Crippen LogP contribution is 2.69. The summed E-state index contributed by atoms with van der Waals surface area (Å²) in [5.41, 5.74) is -0.530. The first-order valence-corrected chi connectivity index (χ1v) is 9.17. The van der Waals surface area contributed by atoms with Crippen molar-refractivity contribution >= 4 is 5.78 Å². The van der Waals surface area contributed by atoms with E-state index in [-0.39, 0.29) is 17.8 Å². The van der Waals surface area contributed by atoms with Gasteiger partial charge in [0, 0.05) is 24.7 Å². The molecule has 4 rings (SSSR count). The predicted octanol–water partition coefficient (Wildman–Crippen LogP) is 5.23. The van der Waals surface area contributed by atoms with Crippen LogP contribution in [0.1, 0.15) is 71.6 Å². The van der Waals surface area contributed by atoms with E-state index in [2.05, 4.69) is 6.92 Å². The molecule has 0 spiro atoms. The lowest BCUT2D eigenvalue weighted by molar-refractivity contribution is -0.170. The Labute approximate surface area is 132 Å². The SMILES string of the molecule is CC12CCC(=O)C[C@@H]1CCC1C2CCC2(C)C1CCC2(F)F. The normalized spacial score (nSPS) is 53.5. The van der Waals surface area contributed by atoms with E-state index in [0.717, 1.165) is 32.1 Å². The Morgan fingerprint density at radius 1 is 0.955 bits per heavy atom. The monoisotopic (exact) mass is 310 g/mol. The van der Waals surface area contributed by atoms with Crippen LogP contribution in [0.4, 0.5) is 8.78 Å². The van der Waals surface area contributed by atoms with Gasteiger partial charge in [-0.15, -0.1) is 0 Å². The maximum atomic E-state index is 14.5. The Bertz CT molecular complexity index is 502. The smallest absolute Gasteiger partial charge is 0.253 e. The van der Waals surface area contributed by atoms with Gasteiger partial charge in [-0.25, -0.2) is 8.78 Å². The first-order valence-electron chi connectivity index (χ1n) is 9.17. The van der Waals surface area contributed by atoms with Gasteiger partial charge in [-0.1, -0.05) is 13.8 Å². The number of carbonyl (C=O) groups excluding carboxylic acids is 1. The molecule has 4 aliphatic carbocycles. The quantitative estimate of drug-likeness (QED) is 0.598. The average molecular weight is 310 g/mol. The minimum absolute atomic E-state index is 0.0933. The molecule has 6 atom stereocenters. The summed E-state index contributed by atoms with van der Waals surface area (Å²) in [7, 11) is 0. The number of rotatable bonds is 0. The zero-order valence-electron chi connectivity index (χ0n) is 13.8. The average Bonchev–Trinajstić information content (AvgIpc) is 2.70. The summed E-state index contributed by atoms with van der Waals surface area (Å²) >= 11 is 0. The molecule has 0 saturated heterocycles. The molecule has 4 fully saturated rings. The molecule has 0 N–H and O–H groups in total. The molecule has 0 aromatic heterocycles. The number of hydrogen-bond acceptors (Lipinski definition) is 1. The van der Waals surface area contributed by atoms with Gasteiger partial charge >= 0.3 is 0 Å². The standard InChI is InChI=1S/C19H28F2O/c1-17-8-5-13(22)11-12(17)3-4-14-15(17)6-9-18(2)16(14)7-10-19(18,20)21/h12,14-16H,3-11H2,1-2H3/t12-,14?,15?,16?,17?,18?/m0/s1. The van der Waals surface area contributed by atoms with E-state index in [1.165, 1.54) is 0 Å². The van der Waals surface area contributed by atoms with Crippen LogP contribution in [0.5, 0.6) is 0 Å². The molecule has 0 amide bonds. The van der Waals surface area contributed by atoms with Crippen molar-refractivity contribution in [2.24, 2.45) is 34.5 Å². The number of ketones is 1. The van der Waals surface area contributed by atoms with Crippen molar-refractivity contribution in [3.63, 3.8) is 0 Å². The van der Waals surface area contributed by atoms with E-state index in [4.69, 9.17) is 0 Å². The highest BCUT2D eigenvalue weighted by atomic mass is 19.3. The number of alkyl halides is 2. The highest BCUT2D eigenvalue weighted by Gasteiger charge is 2.66. The zero-order valence-corrected chi connectivity index (χ0v) is 13.8. The van der Waals surface area contributed by atoms with Crippen LogP contribution in [0.3, 0.4) is 0 Å². The van der Waals surface area contributed by atoms with Crippen LogP contribution in [0.25, 0.3) is 0 Å². The molecule has 0 bridgehead atoms. The summed E-state index contributed by atoms with van der Waals surface area (Å²) in [4.78, 5) is 11.8. The lowest BCUT2D eigenvalue weighted by Crippen LogP contribution is -2.55. The van der Waals surface area contributed by atoms with Crippen LogP contribution >= 0.6 is 0 Å². The van der Waals surface area contributed by atoms with Crippen molar-refractivity contribution in [2.45, 2.75) is 77.6 Å². The molecule has 3 heteroatoms. The third-order valence-electron chi connectivity index (χ3n) is 8.48. The van der Waals surface area contributed by atoms with Crippen molar-refractivity contribution in [1.82, 2.24) is 0 Å². The van der Waals surface area contributed by atoms with Gasteiger partial charge in [-0.2, -0.15) is 0 Å². The van der Waals surface area contributed by atoms with E-state index < -0.39 is 11.3 Å². The van der Waals surface area contributed by atoms with Crippen LogP contribution in [-0.2, 0) is 4.79 Å². The van der Waals surface area contributed by atoms with Gasteiger partial charge in [-0.3, -0.25) is 4.79 Å². The molecule has 1 nitrogen and oxygen atoms in total. The third kappa shape index (κ3) is 1.77. The largest absolute Gasteiger partial charge is 0.300 e. The lowest BCUT2D eigenvalue weighted by Gasteiger charge is -2.60. The van der Waals surface area contributed by atoms with Crippen LogP contribution in [-0.4, -0.2) is 11.7 Å². The van der Waals surface area contributed by atoms with Gasteiger partial charge in [0.15, 0.2) is 0 Å². The van der Waals surface area contributed by atoms with Crippen LogP contribution < -0.4 is 0 Å². The highest BCUT2D eigenvalue weighted by molar-refractivity contribution is 5.79. The second kappa shape index (κ2) is 4.54. The van der Waals surface area contributed by atoms with Crippen LogP contribution in [0.2, 0.25) is 0 Å². The second-order valence-electron chi connectivity index (χ2n) is 9.10. The number of Topliss-reactive ketones (excluding diaryl/α,β-unsaturated/α-hetero) is 1. The fraction of sp³-hybridized carbons (Fsp3) is 0.947. The molecular weight excluding hydrogens is 282 g/mol. The second-order valence-corrected chi connectivity index (χ2v) is 9.10. The van der Waals surface area contributed by atoms with E-state index in [9.17, 15) is 13.6 Å². The third-order valence-corrected chi connectivity index (χ3v) is 8.48. The molecule has 0 aliphatic heterocycles. The molecular formula is C19H28F2O. The minimum atomic E-state index is -2.47. The fourth-order valence-electron chi connectivity index (χ4n) is 6.97. The molecule has 0 radical (unpaired) electrons. The Kier molecular flexibility index (Phi) is 3.11. The maximum Gasteiger partial charge on any atom is 0.253 e. The molecule has 22 heavy (non-hydrogen) atoms. The summed E-state index contributed by atoms with van der Waals surface area (Å²) in [6.45, 7) is 4.23. The Hall–Kier alpha value is -0.470. The fourth-order valence-corrected chi connectivity index (χ4v) is 6.97. The first kappa shape index (κ1) is 15.1. The molecule has 124 valence electrons. The summed E-state index contributed by atoms with van der Waals surface area (Å²) in [6.07, 6.45) is 7.07. The van der Waals surface area contributed by atoms with E-state index in [0.29, 0.717) is 42.8 Å². The molecule has 5 unspecified atom stereocenters. The van der Waals surface area contributed by atoms with Crippen LogP contribution in [0, 0.1) is 34.5 Å². The van der Waals surface area contributed by atoms with Gasteiger partial charge in [0.1, 0.15) is 5.78 Å². The number of halogens is 2. The predicted molar refractivity (Wildman–Crippen MR) is 81.7 cm³/mol. The number of fused-ring (bicyclic) bond motifs is 5. The topological polar surface area (TPSA) is 17.1 Å². The summed E-state index contributed by atoms with van der Waals surface area (Å²) < 4.78 is 28.9. The van der Waals surface area contributed by atoms with Gasteiger partial charge in [0.05, 0.1) is 0 Å². The number of carbonyl (C=O) groups is 1. The van der Waals surface area contributed by atoms with Crippen molar-refractivity contribution in [1.29, 1.82) is 0 Å². The Balaban J connectivity index is 1.65. The number of hydrogen-bond donors (Lipinski definition) is 0. The van der Waals surface area contributed by atoms with Gasteiger partial charge in [0.25, 0.3) is 5.92 Å². The van der Waals surface area contributed by atoms with Crippen molar-refractivity contribution in [2.75, 3.05) is 0 Å². The zero-order chi connectivity index (χ0) is 15.8. The summed E-state index contributed by atoms with van der Waals surface area (Å²) in [5, 5.41) is 0. The molecule has 0 heterocycles. The van der Waals surface area contributed by atoms with Crippen LogP contribution in [0.15, 0.2) is 0 Å². The minimum Gasteiger partial charge on any atom is -0.300 e. The molecule has 4 saturated carbocycles. The van der Waals surface area contributed by atoms with E-state index >= 15 is 0 Å². The summed E-state index contributed by atoms with van der Waals surface area (Å²) in [6, 6.07) is 0. The molecule has 4 aliphatic rings. The van der Waals surface area contributed by atoms with Gasteiger partial charge in [-0.05, 0) is 67.6 Å². The Morgan fingerprint density at radius 3 is 2.45 bits per heavy atom. The van der Waals surface area contributed by atoms with E-state index in [1.54, 1.807) is 0 Å². The van der Waals surface area contributed by atoms with Gasteiger partial charge < -0.3 is 0 Å². The van der Waals surface area contributed by atoms with Crippen molar-refractivity contribution in [3.05, 3.63) is 0 Å². The van der Waals surface area contributed by atoms with E-state index in [1.807, 2.05) is 6.92 Å².